The lowest BCUT2D eigenvalue weighted by Crippen LogP contribution is -2.50. The molecule has 1 spiro atoms. The molecule has 1 saturated carbocycles. The Labute approximate surface area is 332 Å². The molecule has 8 rings (SSSR count). The van der Waals surface area contributed by atoms with Crippen molar-refractivity contribution in [2.45, 2.75) is 69.5 Å². The van der Waals surface area contributed by atoms with Crippen LogP contribution in [-0.2, 0) is 43.1 Å². The molecule has 298 valence electrons. The monoisotopic (exact) mass is 805 g/mol. The molecule has 1 unspecified atom stereocenters. The number of aryl methyl sites for hydroxylation is 2. The van der Waals surface area contributed by atoms with E-state index in [0.29, 0.717) is 36.9 Å². The van der Waals surface area contributed by atoms with E-state index in [2.05, 4.69) is 31.2 Å². The van der Waals surface area contributed by atoms with Gasteiger partial charge in [0, 0.05) is 67.2 Å². The maximum Gasteiger partial charge on any atom is 0.306 e. The van der Waals surface area contributed by atoms with Crippen LogP contribution in [0.4, 0.5) is 5.69 Å². The first-order chi connectivity index (χ1) is 26.9. The van der Waals surface area contributed by atoms with E-state index >= 15 is 0 Å². The first kappa shape index (κ1) is 38.5. The molecule has 15 heteroatoms. The molecule has 13 nitrogen and oxygen atoms in total. The highest BCUT2D eigenvalue weighted by Gasteiger charge is 2.45. The van der Waals surface area contributed by atoms with E-state index in [1.807, 2.05) is 25.1 Å². The van der Waals surface area contributed by atoms with Gasteiger partial charge in [0.25, 0.3) is 11.8 Å². The Morgan fingerprint density at radius 3 is 2.73 bits per heavy atom. The lowest BCUT2D eigenvalue weighted by molar-refractivity contribution is -0.152. The van der Waals surface area contributed by atoms with Crippen molar-refractivity contribution >= 4 is 45.0 Å². The average Bonchev–Trinajstić information content (AvgIpc) is 3.47. The summed E-state index contributed by atoms with van der Waals surface area (Å²) in [6, 6.07) is 11.3. The number of anilines is 1. The largest absolute Gasteiger partial charge is 0.490 e. The van der Waals surface area contributed by atoms with Gasteiger partial charge in [0.05, 0.1) is 31.3 Å². The van der Waals surface area contributed by atoms with Gasteiger partial charge >= 0.3 is 5.97 Å². The Bertz CT molecular complexity index is 2200. The number of carbonyl (C=O) groups is 3. The Morgan fingerprint density at radius 1 is 1.09 bits per heavy atom. The second-order valence-corrected chi connectivity index (χ2v) is 18.3. The van der Waals surface area contributed by atoms with Gasteiger partial charge in [-0.1, -0.05) is 30.7 Å². The lowest BCUT2D eigenvalue weighted by atomic mass is 9.68. The standard InChI is InChI=1S/C41H48ClN5O8S/c1-25-22-56(51,45-39(50)31-21-46(2)43-40(31)52-3)44-38(49)27-9-13-36-33(19-27)47(23-41(24-54-36)16-4-6-26-18-29(42)10-12-32(26)41)20-28-8-11-30(28)35-15-14-34(25)53-17-5-7-37(48)55-35/h9-10,12-15,18-19,21,25,28,30,34-35H,4-8,11,16-17,20,22-24H2,1-3H3,(H,44,45,49,50,51)/b15-14+/t25-,28+,30-,34?,35+,41+,56+/m1/s1. The predicted octanol–water partition coefficient (Wildman–Crippen LogP) is 5.83. The van der Waals surface area contributed by atoms with E-state index in [9.17, 15) is 18.6 Å². The number of ether oxygens (including phenoxy) is 4. The fourth-order valence-electron chi connectivity index (χ4n) is 9.04. The molecule has 7 atom stereocenters. The lowest BCUT2D eigenvalue weighted by Gasteiger charge is -2.46. The number of fused-ring (bicyclic) bond motifs is 7. The van der Waals surface area contributed by atoms with Gasteiger partial charge in [0.2, 0.25) is 5.88 Å². The summed E-state index contributed by atoms with van der Waals surface area (Å²) in [5.74, 6) is -1.52. The van der Waals surface area contributed by atoms with Crippen molar-refractivity contribution in [1.82, 2.24) is 14.5 Å². The second kappa shape index (κ2) is 15.5. The third-order valence-corrected chi connectivity index (χ3v) is 14.2. The Balaban J connectivity index is 1.24. The van der Waals surface area contributed by atoms with Gasteiger partial charge in [0.15, 0.2) is 0 Å². The maximum atomic E-state index is 14.9. The number of amides is 2. The minimum Gasteiger partial charge on any atom is -0.490 e. The van der Waals surface area contributed by atoms with Crippen molar-refractivity contribution < 1.29 is 37.5 Å². The number of halogens is 1. The Kier molecular flexibility index (Phi) is 10.7. The highest BCUT2D eigenvalue weighted by Crippen LogP contribution is 2.47. The van der Waals surface area contributed by atoms with E-state index in [0.717, 1.165) is 37.8 Å². The molecule has 3 aliphatic heterocycles. The van der Waals surface area contributed by atoms with Crippen molar-refractivity contribution in [3.8, 4) is 11.6 Å². The number of rotatable bonds is 3. The number of benzene rings is 2. The van der Waals surface area contributed by atoms with Crippen LogP contribution in [0.25, 0.3) is 0 Å². The summed E-state index contributed by atoms with van der Waals surface area (Å²) in [5, 5.41) is 4.86. The topological polar surface area (TPSA) is 151 Å². The number of esters is 1. The van der Waals surface area contributed by atoms with Crippen LogP contribution >= 0.6 is 11.6 Å². The molecule has 0 radical (unpaired) electrons. The number of aromatic nitrogens is 2. The maximum absolute atomic E-state index is 14.9. The van der Waals surface area contributed by atoms with Gasteiger partial charge in [-0.2, -0.15) is 0 Å². The summed E-state index contributed by atoms with van der Waals surface area (Å²) < 4.78 is 47.7. The van der Waals surface area contributed by atoms with Gasteiger partial charge < -0.3 is 23.8 Å². The summed E-state index contributed by atoms with van der Waals surface area (Å²) >= 11 is 6.48. The number of nitrogens with zero attached hydrogens (tertiary/aromatic N) is 4. The van der Waals surface area contributed by atoms with E-state index in [-0.39, 0.29) is 59.0 Å². The second-order valence-electron chi connectivity index (χ2n) is 15.9. The zero-order chi connectivity index (χ0) is 39.2. The van der Waals surface area contributed by atoms with Crippen LogP contribution in [0.5, 0.6) is 11.6 Å². The highest BCUT2D eigenvalue weighted by molar-refractivity contribution is 7.92. The molecular weight excluding hydrogens is 758 g/mol. The molecule has 2 aliphatic carbocycles. The number of carbonyl (C=O) groups excluding carboxylic acids is 3. The minimum absolute atomic E-state index is 0.0429. The molecule has 1 fully saturated rings. The molecule has 0 saturated heterocycles. The molecule has 2 aromatic carbocycles. The van der Waals surface area contributed by atoms with E-state index in [1.165, 1.54) is 29.1 Å². The van der Waals surface area contributed by atoms with E-state index in [1.54, 1.807) is 25.2 Å². The van der Waals surface area contributed by atoms with Gasteiger partial charge in [-0.05, 0) is 92.0 Å². The van der Waals surface area contributed by atoms with Gasteiger partial charge in [-0.3, -0.25) is 23.8 Å². The number of hydrogen-bond donors (Lipinski definition) is 1. The first-order valence-electron chi connectivity index (χ1n) is 19.4. The van der Waals surface area contributed by atoms with Crippen LogP contribution in [0.3, 0.4) is 0 Å². The van der Waals surface area contributed by atoms with E-state index in [4.69, 9.17) is 30.5 Å². The molecule has 1 aromatic heterocycles. The third kappa shape index (κ3) is 7.67. The molecule has 2 amide bonds. The molecule has 5 aliphatic rings. The quantitative estimate of drug-likeness (QED) is 0.253. The minimum atomic E-state index is -3.78. The van der Waals surface area contributed by atoms with Crippen LogP contribution in [0.2, 0.25) is 5.02 Å². The summed E-state index contributed by atoms with van der Waals surface area (Å²) in [4.78, 5) is 43.3. The zero-order valence-electron chi connectivity index (χ0n) is 31.9. The van der Waals surface area contributed by atoms with Crippen LogP contribution in [0, 0.1) is 17.8 Å². The SMILES string of the molecule is COc1nn(C)cc1C(=O)N[S@@]1(=O)=NC(=O)c2ccc3c(c2)N(C[C@@H]2CC[C@H]2[C@@H]2/C=C/C(OCCCC(=O)O2)[C@H](C)C1)C[C@@]1(CCCc2cc(Cl)ccc21)CO3. The van der Waals surface area contributed by atoms with Gasteiger partial charge in [-0.25, -0.2) is 4.21 Å². The van der Waals surface area contributed by atoms with Gasteiger partial charge in [0.1, 0.15) is 27.3 Å². The zero-order valence-corrected chi connectivity index (χ0v) is 33.5. The number of hydrogen-bond acceptors (Lipinski definition) is 10. The molecule has 56 heavy (non-hydrogen) atoms. The van der Waals surface area contributed by atoms with Crippen LogP contribution < -0.4 is 19.1 Å². The highest BCUT2D eigenvalue weighted by atomic mass is 35.5. The number of nitrogens with one attached hydrogen (secondary N) is 1. The van der Waals surface area contributed by atoms with Crippen molar-refractivity contribution in [2.24, 2.45) is 29.2 Å². The summed E-state index contributed by atoms with van der Waals surface area (Å²) in [6.45, 7) is 3.82. The summed E-state index contributed by atoms with van der Waals surface area (Å²) in [7, 11) is -0.759. The average molecular weight is 806 g/mol. The van der Waals surface area contributed by atoms with Crippen molar-refractivity contribution in [1.29, 1.82) is 0 Å². The molecule has 1 N–H and O–H groups in total. The molecule has 3 aromatic rings. The Morgan fingerprint density at radius 2 is 1.93 bits per heavy atom. The van der Waals surface area contributed by atoms with Crippen molar-refractivity contribution in [3.63, 3.8) is 0 Å². The fraction of sp³-hybridized carbons (Fsp3) is 0.512. The smallest absolute Gasteiger partial charge is 0.306 e. The Hall–Kier alpha value is -4.40. The molecular formula is C41H48ClN5O8S. The van der Waals surface area contributed by atoms with Crippen LogP contribution in [0.15, 0.2) is 59.1 Å². The summed E-state index contributed by atoms with van der Waals surface area (Å²) in [6.07, 6.45) is 9.50. The first-order valence-corrected chi connectivity index (χ1v) is 21.5. The van der Waals surface area contributed by atoms with Crippen molar-refractivity contribution in [2.75, 3.05) is 44.1 Å². The predicted molar refractivity (Wildman–Crippen MR) is 211 cm³/mol. The van der Waals surface area contributed by atoms with Gasteiger partial charge in [-0.15, -0.1) is 9.46 Å². The molecule has 4 bridgehead atoms. The van der Waals surface area contributed by atoms with Crippen LogP contribution in [0.1, 0.15) is 77.3 Å². The third-order valence-electron chi connectivity index (χ3n) is 12.0. The summed E-state index contributed by atoms with van der Waals surface area (Å²) in [5.41, 5.74) is 3.08. The fourth-order valence-corrected chi connectivity index (χ4v) is 11.1. The number of methoxy groups -OCH3 is 1. The van der Waals surface area contributed by atoms with E-state index < -0.39 is 39.9 Å². The van der Waals surface area contributed by atoms with Crippen LogP contribution in [-0.4, -0.2) is 83.1 Å². The van der Waals surface area contributed by atoms with Crippen molar-refractivity contribution in [3.05, 3.63) is 82.0 Å². The molecule has 4 heterocycles. The normalized spacial score (nSPS) is 31.0.